The zero-order valence-electron chi connectivity index (χ0n) is 16.2. The van der Waals surface area contributed by atoms with Gasteiger partial charge in [-0.15, -0.1) is 0 Å². The number of nitrogens with one attached hydrogen (secondary N) is 1. The molecule has 1 aromatic heterocycles. The fraction of sp³-hybridized carbons (Fsp3) is 0.300. The number of hydrogen-bond donors (Lipinski definition) is 2. The number of sulfone groups is 1. The van der Waals surface area contributed by atoms with Gasteiger partial charge in [-0.05, 0) is 43.2 Å². The third kappa shape index (κ3) is 4.86. The minimum absolute atomic E-state index is 0.102. The van der Waals surface area contributed by atoms with E-state index in [9.17, 15) is 13.2 Å². The van der Waals surface area contributed by atoms with E-state index in [-0.39, 0.29) is 12.5 Å². The highest BCUT2D eigenvalue weighted by molar-refractivity contribution is 7.92. The first kappa shape index (κ1) is 20.7. The van der Waals surface area contributed by atoms with Gasteiger partial charge in [0.05, 0.1) is 18.1 Å². The van der Waals surface area contributed by atoms with Gasteiger partial charge in [0.15, 0.2) is 21.2 Å². The second-order valence-corrected chi connectivity index (χ2v) is 9.00. The maximum Gasteiger partial charge on any atom is 0.322 e. The van der Waals surface area contributed by atoms with Gasteiger partial charge in [-0.1, -0.05) is 12.1 Å². The normalized spacial score (nSPS) is 13.8. The summed E-state index contributed by atoms with van der Waals surface area (Å²) in [5, 5.41) is 7.67. The number of ether oxygens (including phenoxy) is 2. The van der Waals surface area contributed by atoms with Crippen LogP contribution in [0.1, 0.15) is 24.4 Å². The van der Waals surface area contributed by atoms with Crippen LogP contribution in [0.4, 0.5) is 0 Å². The number of carbonyl (C=O) groups is 1. The van der Waals surface area contributed by atoms with E-state index in [1.54, 1.807) is 31.4 Å². The maximum absolute atomic E-state index is 11.6. The minimum Gasteiger partial charge on any atom is -0.497 e. The Morgan fingerprint density at radius 1 is 1.17 bits per heavy atom. The predicted molar refractivity (Wildman–Crippen MR) is 108 cm³/mol. The predicted octanol–water partition coefficient (Wildman–Crippen LogP) is 2.75. The third-order valence-electron chi connectivity index (χ3n) is 4.54. The third-order valence-corrected chi connectivity index (χ3v) is 5.94. The number of benzene rings is 2. The maximum atomic E-state index is 11.6. The van der Waals surface area contributed by atoms with Crippen LogP contribution in [0.15, 0.2) is 42.5 Å². The molecule has 3 rings (SSSR count). The molecule has 0 spiro atoms. The SMILES string of the molecule is COc1ccc2nc(C(C)Oc3ccc(CC(C(=O)O)S(C)(=O)=O)cc3)[nH]c2c1. The van der Waals surface area contributed by atoms with Crippen molar-refractivity contribution in [2.24, 2.45) is 0 Å². The zero-order valence-corrected chi connectivity index (χ0v) is 17.1. The van der Waals surface area contributed by atoms with Crippen LogP contribution in [0.5, 0.6) is 11.5 Å². The van der Waals surface area contributed by atoms with E-state index < -0.39 is 21.1 Å². The van der Waals surface area contributed by atoms with Crippen molar-refractivity contribution in [1.29, 1.82) is 0 Å². The first-order chi connectivity index (χ1) is 13.7. The van der Waals surface area contributed by atoms with Crippen molar-refractivity contribution < 1.29 is 27.8 Å². The average molecular weight is 418 g/mol. The summed E-state index contributed by atoms with van der Waals surface area (Å²) in [6, 6.07) is 12.2. The lowest BCUT2D eigenvalue weighted by Gasteiger charge is -2.14. The van der Waals surface area contributed by atoms with Crippen molar-refractivity contribution in [2.45, 2.75) is 24.7 Å². The van der Waals surface area contributed by atoms with Gasteiger partial charge in [0.2, 0.25) is 0 Å². The van der Waals surface area contributed by atoms with Gasteiger partial charge in [-0.3, -0.25) is 4.79 Å². The average Bonchev–Trinajstić information content (AvgIpc) is 3.09. The highest BCUT2D eigenvalue weighted by Gasteiger charge is 2.28. The van der Waals surface area contributed by atoms with Crippen LogP contribution < -0.4 is 9.47 Å². The summed E-state index contributed by atoms with van der Waals surface area (Å²) in [4.78, 5) is 18.9. The molecule has 8 nitrogen and oxygen atoms in total. The Morgan fingerprint density at radius 3 is 2.41 bits per heavy atom. The van der Waals surface area contributed by atoms with Crippen LogP contribution in [-0.4, -0.2) is 48.1 Å². The summed E-state index contributed by atoms with van der Waals surface area (Å²) >= 11 is 0. The lowest BCUT2D eigenvalue weighted by molar-refractivity contribution is -0.136. The van der Waals surface area contributed by atoms with Crippen LogP contribution in [0, 0.1) is 0 Å². The fourth-order valence-corrected chi connectivity index (χ4v) is 3.79. The molecule has 0 radical (unpaired) electrons. The highest BCUT2D eigenvalue weighted by Crippen LogP contribution is 2.25. The molecule has 0 amide bonds. The molecule has 0 fully saturated rings. The van der Waals surface area contributed by atoms with E-state index in [1.165, 1.54) is 0 Å². The number of fused-ring (bicyclic) bond motifs is 1. The first-order valence-electron chi connectivity index (χ1n) is 8.88. The standard InChI is InChI=1S/C20H22N2O6S/c1-12(19-21-16-9-8-15(27-2)11-17(16)22-19)28-14-6-4-13(5-7-14)10-18(20(23)24)29(3,25)26/h4-9,11-12,18H,10H2,1-3H3,(H,21,22)(H,23,24). The first-order valence-corrected chi connectivity index (χ1v) is 10.8. The number of carboxylic acid groups (broad SMARTS) is 1. The molecule has 0 bridgehead atoms. The number of hydrogen-bond acceptors (Lipinski definition) is 6. The Hall–Kier alpha value is -3.07. The molecule has 2 N–H and O–H groups in total. The molecule has 0 aliphatic heterocycles. The zero-order chi connectivity index (χ0) is 21.2. The summed E-state index contributed by atoms with van der Waals surface area (Å²) < 4.78 is 34.4. The van der Waals surface area contributed by atoms with Crippen molar-refractivity contribution in [3.8, 4) is 11.5 Å². The van der Waals surface area contributed by atoms with Crippen molar-refractivity contribution in [1.82, 2.24) is 9.97 Å². The van der Waals surface area contributed by atoms with Crippen molar-refractivity contribution >= 4 is 26.8 Å². The highest BCUT2D eigenvalue weighted by atomic mass is 32.2. The van der Waals surface area contributed by atoms with Gasteiger partial charge in [-0.2, -0.15) is 0 Å². The van der Waals surface area contributed by atoms with Gasteiger partial charge in [0.25, 0.3) is 0 Å². The summed E-state index contributed by atoms with van der Waals surface area (Å²) in [6.45, 7) is 1.85. The Balaban J connectivity index is 1.71. The van der Waals surface area contributed by atoms with Gasteiger partial charge in [0.1, 0.15) is 17.3 Å². The second-order valence-electron chi connectivity index (χ2n) is 6.77. The number of nitrogens with zero attached hydrogens (tertiary/aromatic N) is 1. The van der Waals surface area contributed by atoms with E-state index in [4.69, 9.17) is 14.6 Å². The number of aliphatic carboxylic acids is 1. The van der Waals surface area contributed by atoms with E-state index in [1.807, 2.05) is 25.1 Å². The van der Waals surface area contributed by atoms with E-state index in [0.717, 1.165) is 23.0 Å². The molecule has 0 saturated heterocycles. The number of methoxy groups -OCH3 is 1. The molecule has 0 saturated carbocycles. The molecule has 3 aromatic rings. The molecule has 1 heterocycles. The molecule has 29 heavy (non-hydrogen) atoms. The lowest BCUT2D eigenvalue weighted by Crippen LogP contribution is -2.31. The Kier molecular flexibility index (Phi) is 5.78. The summed E-state index contributed by atoms with van der Waals surface area (Å²) in [5.74, 6) is 0.583. The number of aromatic amines is 1. The Bertz CT molecular complexity index is 1120. The lowest BCUT2D eigenvalue weighted by atomic mass is 10.1. The topological polar surface area (TPSA) is 119 Å². The van der Waals surface area contributed by atoms with Crippen LogP contribution in [-0.2, 0) is 21.1 Å². The monoisotopic (exact) mass is 418 g/mol. The summed E-state index contributed by atoms with van der Waals surface area (Å²) in [5.41, 5.74) is 2.23. The van der Waals surface area contributed by atoms with Gasteiger partial charge >= 0.3 is 5.97 Å². The van der Waals surface area contributed by atoms with E-state index >= 15 is 0 Å². The van der Waals surface area contributed by atoms with Crippen molar-refractivity contribution in [3.63, 3.8) is 0 Å². The number of imidazole rings is 1. The number of H-pyrrole nitrogens is 1. The van der Waals surface area contributed by atoms with Crippen LogP contribution in [0.3, 0.4) is 0 Å². The molecule has 154 valence electrons. The molecule has 2 unspecified atom stereocenters. The Labute approximate surface area is 168 Å². The summed E-state index contributed by atoms with van der Waals surface area (Å²) in [7, 11) is -2.10. The molecule has 0 aliphatic carbocycles. The van der Waals surface area contributed by atoms with E-state index in [2.05, 4.69) is 9.97 Å². The largest absolute Gasteiger partial charge is 0.497 e. The van der Waals surface area contributed by atoms with Gasteiger partial charge in [0, 0.05) is 12.3 Å². The molecule has 2 atom stereocenters. The smallest absolute Gasteiger partial charge is 0.322 e. The van der Waals surface area contributed by atoms with Crippen LogP contribution in [0.25, 0.3) is 11.0 Å². The molecular formula is C20H22N2O6S. The Morgan fingerprint density at radius 2 is 1.83 bits per heavy atom. The molecular weight excluding hydrogens is 396 g/mol. The minimum atomic E-state index is -3.70. The number of aromatic nitrogens is 2. The van der Waals surface area contributed by atoms with Gasteiger partial charge in [-0.25, -0.2) is 13.4 Å². The second kappa shape index (κ2) is 8.12. The number of carboxylic acids is 1. The van der Waals surface area contributed by atoms with Crippen LogP contribution >= 0.6 is 0 Å². The quantitative estimate of drug-likeness (QED) is 0.577. The van der Waals surface area contributed by atoms with Crippen molar-refractivity contribution in [2.75, 3.05) is 13.4 Å². The fourth-order valence-electron chi connectivity index (χ4n) is 2.93. The van der Waals surface area contributed by atoms with E-state index in [0.29, 0.717) is 17.1 Å². The summed E-state index contributed by atoms with van der Waals surface area (Å²) in [6.07, 6.45) is 0.463. The van der Waals surface area contributed by atoms with Gasteiger partial charge < -0.3 is 19.6 Å². The molecule has 0 aliphatic rings. The van der Waals surface area contributed by atoms with Crippen LogP contribution in [0.2, 0.25) is 0 Å². The molecule has 9 heteroatoms. The molecule has 2 aromatic carbocycles. The van der Waals surface area contributed by atoms with Crippen molar-refractivity contribution in [3.05, 3.63) is 53.9 Å². The number of rotatable bonds is 8.